The van der Waals surface area contributed by atoms with Gasteiger partial charge in [-0.2, -0.15) is 0 Å². The van der Waals surface area contributed by atoms with Crippen molar-refractivity contribution in [2.24, 2.45) is 5.92 Å². The van der Waals surface area contributed by atoms with Gasteiger partial charge in [-0.15, -0.1) is 0 Å². The maximum atomic E-state index is 12.2. The quantitative estimate of drug-likeness (QED) is 0.254. The molecular formula is C21H34N2O5. The Bertz CT molecular complexity index is 655. The fourth-order valence-corrected chi connectivity index (χ4v) is 2.67. The van der Waals surface area contributed by atoms with E-state index in [-0.39, 0.29) is 29.4 Å². The second kappa shape index (κ2) is 10.8. The van der Waals surface area contributed by atoms with Crippen LogP contribution in [0.5, 0.6) is 5.75 Å². The number of phenols is 1. The van der Waals surface area contributed by atoms with Crippen molar-refractivity contribution in [2.75, 3.05) is 12.3 Å². The summed E-state index contributed by atoms with van der Waals surface area (Å²) >= 11 is 0. The highest BCUT2D eigenvalue weighted by atomic mass is 16.6. The molecule has 1 amide bonds. The first-order chi connectivity index (χ1) is 13.0. The molecule has 0 aliphatic heterocycles. The molecule has 0 heterocycles. The number of rotatable bonds is 9. The number of ether oxygens (including phenoxy) is 2. The molecule has 1 aromatic rings. The molecular weight excluding hydrogens is 360 g/mol. The largest absolute Gasteiger partial charge is 0.506 e. The lowest BCUT2D eigenvalue weighted by atomic mass is 9.96. The molecule has 28 heavy (non-hydrogen) atoms. The number of nitrogens with one attached hydrogen (secondary N) is 1. The van der Waals surface area contributed by atoms with Crippen LogP contribution in [0.2, 0.25) is 0 Å². The summed E-state index contributed by atoms with van der Waals surface area (Å²) in [5.74, 6) is -0.658. The molecule has 7 heteroatoms. The van der Waals surface area contributed by atoms with E-state index in [1.54, 1.807) is 39.8 Å². The van der Waals surface area contributed by atoms with Gasteiger partial charge in [0, 0.05) is 6.04 Å². The van der Waals surface area contributed by atoms with Crippen LogP contribution < -0.4 is 11.1 Å². The lowest BCUT2D eigenvalue weighted by Gasteiger charge is -2.25. The molecule has 0 saturated heterocycles. The van der Waals surface area contributed by atoms with Crippen LogP contribution in [0.3, 0.4) is 0 Å². The predicted octanol–water partition coefficient (Wildman–Crippen LogP) is 3.78. The molecule has 4 N–H and O–H groups in total. The lowest BCUT2D eigenvalue weighted by molar-refractivity contribution is -0.148. The molecule has 7 nitrogen and oxygen atoms in total. The van der Waals surface area contributed by atoms with Gasteiger partial charge in [0.25, 0.3) is 0 Å². The number of phenolic OH excluding ortho intramolecular Hbond substituents is 1. The molecule has 1 aromatic carbocycles. The Hall–Kier alpha value is -2.44. The van der Waals surface area contributed by atoms with Gasteiger partial charge in [-0.3, -0.25) is 4.79 Å². The van der Waals surface area contributed by atoms with Crippen LogP contribution in [0.1, 0.15) is 59.4 Å². The predicted molar refractivity (Wildman–Crippen MR) is 109 cm³/mol. The van der Waals surface area contributed by atoms with Crippen LogP contribution in [0.15, 0.2) is 18.2 Å². The Balaban J connectivity index is 2.82. The van der Waals surface area contributed by atoms with Crippen LogP contribution in [-0.2, 0) is 20.7 Å². The number of benzene rings is 1. The van der Waals surface area contributed by atoms with Crippen molar-refractivity contribution in [1.82, 2.24) is 5.32 Å². The van der Waals surface area contributed by atoms with E-state index in [1.807, 2.05) is 6.92 Å². The van der Waals surface area contributed by atoms with Gasteiger partial charge in [0.1, 0.15) is 11.4 Å². The van der Waals surface area contributed by atoms with E-state index in [9.17, 15) is 14.7 Å². The number of nitrogen functional groups attached to an aromatic ring is 1. The minimum Gasteiger partial charge on any atom is -0.506 e. The van der Waals surface area contributed by atoms with Gasteiger partial charge in [-0.25, -0.2) is 4.79 Å². The van der Waals surface area contributed by atoms with Gasteiger partial charge >= 0.3 is 12.1 Å². The summed E-state index contributed by atoms with van der Waals surface area (Å²) < 4.78 is 10.6. The third kappa shape index (κ3) is 8.97. The summed E-state index contributed by atoms with van der Waals surface area (Å²) in [6.45, 7) is 9.57. The summed E-state index contributed by atoms with van der Waals surface area (Å²) in [5, 5.41) is 12.4. The fraction of sp³-hybridized carbons (Fsp3) is 0.619. The highest BCUT2D eigenvalue weighted by molar-refractivity contribution is 5.72. The molecule has 0 aliphatic rings. The number of hydrogen-bond acceptors (Lipinski definition) is 6. The molecule has 0 saturated carbocycles. The first-order valence-electron chi connectivity index (χ1n) is 9.75. The number of hydrogen-bond donors (Lipinski definition) is 3. The molecule has 0 bridgehead atoms. The first-order valence-corrected chi connectivity index (χ1v) is 9.75. The summed E-state index contributed by atoms with van der Waals surface area (Å²) in [5.41, 5.74) is 6.24. The Labute approximate surface area is 167 Å². The molecule has 2 unspecified atom stereocenters. The number of unbranched alkanes of at least 4 members (excludes halogenated alkanes) is 1. The van der Waals surface area contributed by atoms with Gasteiger partial charge in [0.2, 0.25) is 0 Å². The Morgan fingerprint density at radius 3 is 2.54 bits per heavy atom. The van der Waals surface area contributed by atoms with Gasteiger partial charge in [0.15, 0.2) is 0 Å². The summed E-state index contributed by atoms with van der Waals surface area (Å²) in [7, 11) is 0. The number of carbonyl (C=O) groups is 2. The summed E-state index contributed by atoms with van der Waals surface area (Å²) in [6.07, 6.45) is 2.06. The van der Waals surface area contributed by atoms with Crippen molar-refractivity contribution in [3.8, 4) is 5.75 Å². The first kappa shape index (κ1) is 23.6. The molecule has 0 radical (unpaired) electrons. The monoisotopic (exact) mass is 394 g/mol. The van der Waals surface area contributed by atoms with Gasteiger partial charge in [-0.05, 0) is 57.7 Å². The van der Waals surface area contributed by atoms with Crippen molar-refractivity contribution in [3.63, 3.8) is 0 Å². The lowest BCUT2D eigenvalue weighted by Crippen LogP contribution is -2.41. The third-order valence-corrected chi connectivity index (χ3v) is 4.08. The second-order valence-electron chi connectivity index (χ2n) is 8.10. The van der Waals surface area contributed by atoms with Gasteiger partial charge in [0.05, 0.1) is 18.2 Å². The third-order valence-electron chi connectivity index (χ3n) is 4.08. The smallest absolute Gasteiger partial charge is 0.407 e. The molecule has 0 fully saturated rings. The molecule has 2 atom stereocenters. The van der Waals surface area contributed by atoms with Crippen LogP contribution in [0.25, 0.3) is 0 Å². The number of carbonyl (C=O) groups excluding carboxylic acids is 2. The fourth-order valence-electron chi connectivity index (χ4n) is 2.67. The molecule has 0 aromatic heterocycles. The van der Waals surface area contributed by atoms with Crippen LogP contribution in [0, 0.1) is 5.92 Å². The topological polar surface area (TPSA) is 111 Å². The molecule has 1 rings (SSSR count). The standard InChI is InChI=1S/C21H34N2O5/c1-6-7-10-27-19(25)14(2)11-16(23-20(26)28-21(3,4)5)12-15-8-9-18(24)17(22)13-15/h8-9,13-14,16,24H,6-7,10-12,22H2,1-5H3,(H,23,26). The van der Waals surface area contributed by atoms with Crippen molar-refractivity contribution >= 4 is 17.7 Å². The average molecular weight is 395 g/mol. The zero-order chi connectivity index (χ0) is 21.3. The van der Waals surface area contributed by atoms with E-state index in [0.717, 1.165) is 18.4 Å². The Morgan fingerprint density at radius 1 is 1.29 bits per heavy atom. The van der Waals surface area contributed by atoms with E-state index in [0.29, 0.717) is 19.4 Å². The minimum atomic E-state index is -0.623. The number of aromatic hydroxyl groups is 1. The van der Waals surface area contributed by atoms with Crippen molar-refractivity contribution in [2.45, 2.75) is 71.9 Å². The molecule has 158 valence electrons. The van der Waals surface area contributed by atoms with E-state index >= 15 is 0 Å². The second-order valence-corrected chi connectivity index (χ2v) is 8.10. The summed E-state index contributed by atoms with van der Waals surface area (Å²) in [6, 6.07) is 4.55. The van der Waals surface area contributed by atoms with Crippen LogP contribution in [0.4, 0.5) is 10.5 Å². The van der Waals surface area contributed by atoms with Crippen molar-refractivity contribution in [3.05, 3.63) is 23.8 Å². The van der Waals surface area contributed by atoms with E-state index < -0.39 is 11.7 Å². The van der Waals surface area contributed by atoms with Gasteiger partial charge in [-0.1, -0.05) is 26.3 Å². The maximum Gasteiger partial charge on any atom is 0.407 e. The number of esters is 1. The van der Waals surface area contributed by atoms with E-state index in [4.69, 9.17) is 15.2 Å². The van der Waals surface area contributed by atoms with E-state index in [2.05, 4.69) is 5.32 Å². The number of nitrogens with two attached hydrogens (primary N) is 1. The van der Waals surface area contributed by atoms with E-state index in [1.165, 1.54) is 6.07 Å². The van der Waals surface area contributed by atoms with Crippen molar-refractivity contribution < 1.29 is 24.2 Å². The zero-order valence-electron chi connectivity index (χ0n) is 17.6. The SMILES string of the molecule is CCCCOC(=O)C(C)CC(Cc1ccc(O)c(N)c1)NC(=O)OC(C)(C)C. The zero-order valence-corrected chi connectivity index (χ0v) is 17.6. The normalized spacial score (nSPS) is 13.5. The molecule has 0 aliphatic carbocycles. The highest BCUT2D eigenvalue weighted by Crippen LogP contribution is 2.22. The minimum absolute atomic E-state index is 0.00766. The Morgan fingerprint density at radius 2 is 1.96 bits per heavy atom. The molecule has 0 spiro atoms. The maximum absolute atomic E-state index is 12.2. The summed E-state index contributed by atoms with van der Waals surface area (Å²) in [4.78, 5) is 24.4. The number of amides is 1. The number of anilines is 1. The number of alkyl carbamates (subject to hydrolysis) is 1. The van der Waals surface area contributed by atoms with Crippen molar-refractivity contribution in [1.29, 1.82) is 0 Å². The van der Waals surface area contributed by atoms with Gasteiger partial charge < -0.3 is 25.6 Å². The highest BCUT2D eigenvalue weighted by Gasteiger charge is 2.24. The van der Waals surface area contributed by atoms with Crippen LogP contribution >= 0.6 is 0 Å². The average Bonchev–Trinajstić information content (AvgIpc) is 2.56. The Kier molecular flexibility index (Phi) is 9.09. The van der Waals surface area contributed by atoms with Crippen LogP contribution in [-0.4, -0.2) is 35.4 Å².